The van der Waals surface area contributed by atoms with Crippen LogP contribution in [0.5, 0.6) is 5.75 Å². The molecule has 0 aliphatic rings. The summed E-state index contributed by atoms with van der Waals surface area (Å²) in [5.41, 5.74) is 4.37. The molecule has 4 N–H and O–H groups in total. The largest absolute Gasteiger partial charge is 1.00 e. The predicted molar refractivity (Wildman–Crippen MR) is 217 cm³/mol. The van der Waals surface area contributed by atoms with Crippen LogP contribution < -0.4 is 135 Å². The Morgan fingerprint density at radius 3 is 1.68 bits per heavy atom. The monoisotopic (exact) mass is 1110 g/mol. The van der Waals surface area contributed by atoms with Gasteiger partial charge in [-0.1, -0.05) is 6.07 Å². The molecule has 5 aromatic carbocycles. The Hall–Kier alpha value is -1.59. The molecule has 0 atom stereocenters. The van der Waals surface area contributed by atoms with Crippen LogP contribution in [0.4, 0.5) is 34.1 Å². The van der Waals surface area contributed by atoms with Crippen LogP contribution in [0.25, 0.3) is 10.8 Å². The maximum atomic E-state index is 13.0. The summed E-state index contributed by atoms with van der Waals surface area (Å²) in [6.07, 6.45) is 0. The molecule has 0 saturated carbocycles. The zero-order valence-corrected chi connectivity index (χ0v) is 48.8. The Kier molecular flexibility index (Phi) is 26.2. The van der Waals surface area contributed by atoms with Crippen molar-refractivity contribution in [3.05, 3.63) is 90.5 Å². The molecule has 0 saturated heterocycles. The number of amides is 1. The smallest absolute Gasteiger partial charge is 0.744 e. The van der Waals surface area contributed by atoms with Gasteiger partial charge in [0.05, 0.1) is 78.8 Å². The molecule has 0 unspecified atom stereocenters. The van der Waals surface area contributed by atoms with E-state index in [0.29, 0.717) is 0 Å². The normalized spacial score (nSPS) is 12.2. The van der Waals surface area contributed by atoms with E-state index in [1.807, 2.05) is 0 Å². The summed E-state index contributed by atoms with van der Waals surface area (Å²) in [4.78, 5) is 11.0. The maximum Gasteiger partial charge on any atom is 1.00 e. The molecule has 26 nitrogen and oxygen atoms in total. The number of azo groups is 2. The second kappa shape index (κ2) is 27.6. The summed E-state index contributed by atoms with van der Waals surface area (Å²) in [5.74, 6) is -3.29. The Balaban J connectivity index is 0.00000595. The zero-order chi connectivity index (χ0) is 48.0. The zero-order valence-electron chi connectivity index (χ0n) is 35.9. The quantitative estimate of drug-likeness (QED) is 0.00952. The van der Waals surface area contributed by atoms with E-state index < -0.39 is 109 Å². The van der Waals surface area contributed by atoms with Crippen molar-refractivity contribution in [1.29, 1.82) is 0 Å². The molecule has 5 rings (SSSR count). The number of nitrogens with one attached hydrogen (secondary N) is 1. The Bertz CT molecular complexity index is 3280. The van der Waals surface area contributed by atoms with Gasteiger partial charge in [-0.25, -0.2) is 42.1 Å². The van der Waals surface area contributed by atoms with Crippen molar-refractivity contribution >= 4 is 113 Å². The van der Waals surface area contributed by atoms with Gasteiger partial charge < -0.3 is 35.1 Å². The number of nitrogens with two attached hydrogens (primary N) is 1. The molecule has 0 fully saturated rings. The Morgan fingerprint density at radius 1 is 0.667 bits per heavy atom. The van der Waals surface area contributed by atoms with Crippen molar-refractivity contribution in [2.45, 2.75) is 19.6 Å². The number of phenolic OH excluding ortho intramolecular Hbond substituents is 1. The van der Waals surface area contributed by atoms with Gasteiger partial charge in [0.25, 0.3) is 5.91 Å². The third kappa shape index (κ3) is 19.0. The minimum Gasteiger partial charge on any atom is -0.744 e. The number of sulfone groups is 2. The standard InChI is InChI=1S/C33H30N6O20S6.4Na/c34-29-28-20(17-27(63(47,48)49)31(29)39-37-22-8-10-24(11-9-22)61(43,44)14-12-56-64(50,51)52)16-26(60-59-58-42)30(32(28)40)38-36-21-6-4-19(5-7-21)33(41)35-23-2-1-3-25(18-23)62(45,46)15-13-57-65(53,54)55;;;;/h1-11,16-18,40,42H,12-15,34H2,(H,35,41)(H,47,48,49)(H,50,51,52)(H,53,54,55);;;;/q;4*+1/p-4. The number of nitrogens with zero attached hydrogens (tertiary/aromatic N) is 4. The molecular weight excluding hydrogens is 1080 g/mol. The number of phenols is 1. The molecule has 0 radical (unpaired) electrons. The van der Waals surface area contributed by atoms with Crippen molar-refractivity contribution in [1.82, 2.24) is 0 Å². The Labute approximate surface area is 485 Å². The van der Waals surface area contributed by atoms with Gasteiger partial charge in [0.2, 0.25) is 20.8 Å². The molecule has 69 heavy (non-hydrogen) atoms. The summed E-state index contributed by atoms with van der Waals surface area (Å²) in [6, 6.07) is 16.1. The average molecular weight is 1110 g/mol. The molecule has 348 valence electrons. The topological polar surface area (TPSA) is 425 Å². The summed E-state index contributed by atoms with van der Waals surface area (Å²) in [5, 5.41) is 43.0. The van der Waals surface area contributed by atoms with Gasteiger partial charge in [-0.05, 0) is 84.2 Å². The van der Waals surface area contributed by atoms with Crippen molar-refractivity contribution in [3.8, 4) is 5.75 Å². The number of carbonyl (C=O) groups is 1. The van der Waals surface area contributed by atoms with Gasteiger partial charge in [-0.15, -0.1) is 10.2 Å². The van der Waals surface area contributed by atoms with E-state index in [-0.39, 0.29) is 178 Å². The number of nitrogen functional groups attached to an aromatic ring is 1. The average Bonchev–Trinajstić information content (AvgIpc) is 3.21. The molecule has 5 aromatic rings. The van der Waals surface area contributed by atoms with E-state index in [0.717, 1.165) is 42.5 Å². The molecule has 0 aliphatic carbocycles. The van der Waals surface area contributed by atoms with E-state index in [1.54, 1.807) is 0 Å². The first-order valence-electron chi connectivity index (χ1n) is 17.1. The van der Waals surface area contributed by atoms with Crippen LogP contribution in [0.2, 0.25) is 0 Å². The van der Waals surface area contributed by atoms with Crippen LogP contribution in [0.1, 0.15) is 10.4 Å². The van der Waals surface area contributed by atoms with Crippen LogP contribution in [0, 0.1) is 0 Å². The van der Waals surface area contributed by atoms with Crippen molar-refractivity contribution in [2.24, 2.45) is 20.5 Å². The van der Waals surface area contributed by atoms with Crippen LogP contribution in [-0.2, 0) is 68.3 Å². The van der Waals surface area contributed by atoms with Crippen LogP contribution in [0.15, 0.2) is 125 Å². The fraction of sp³-hybridized carbons (Fsp3) is 0.121. The molecule has 0 spiro atoms. The fourth-order valence-corrected chi connectivity index (χ4v) is 9.49. The number of aromatic hydroxyl groups is 1. The second-order valence-corrected chi connectivity index (χ2v) is 20.9. The molecule has 0 bridgehead atoms. The van der Waals surface area contributed by atoms with Crippen LogP contribution in [-0.4, -0.2) is 91.5 Å². The second-order valence-electron chi connectivity index (χ2n) is 12.5. The number of anilines is 2. The third-order valence-electron chi connectivity index (χ3n) is 8.20. The molecule has 36 heteroatoms. The van der Waals surface area contributed by atoms with Gasteiger partial charge in [-0.3, -0.25) is 18.2 Å². The number of benzene rings is 5. The third-order valence-corrected chi connectivity index (χ3v) is 13.9. The molecule has 1 amide bonds. The predicted octanol–water partition coefficient (Wildman–Crippen LogP) is -9.14. The van der Waals surface area contributed by atoms with Gasteiger partial charge in [-0.2, -0.15) is 14.6 Å². The number of hydrogen-bond acceptors (Lipinski definition) is 26. The van der Waals surface area contributed by atoms with Crippen molar-refractivity contribution < 1.29 is 207 Å². The van der Waals surface area contributed by atoms with Gasteiger partial charge >= 0.3 is 118 Å². The molecular formula is C33H26N6Na4O20S6. The first-order chi connectivity index (χ1) is 30.3. The maximum absolute atomic E-state index is 13.0. The van der Waals surface area contributed by atoms with Crippen molar-refractivity contribution in [2.75, 3.05) is 35.8 Å². The van der Waals surface area contributed by atoms with E-state index >= 15 is 0 Å². The van der Waals surface area contributed by atoms with Gasteiger partial charge in [0, 0.05) is 11.3 Å². The van der Waals surface area contributed by atoms with Gasteiger partial charge in [0.1, 0.15) is 21.5 Å². The molecule has 0 aliphatic heterocycles. The molecule has 0 heterocycles. The number of hydrogen-bond donors (Lipinski definition) is 3. The SMILES string of the molecule is Nc1c(N=Nc2ccc(S(=O)(=O)CCOS(=O)(=O)[O-])cc2)c(S(=O)(=O)[O-])cc2cc(SOO[O-])c(N=Nc3ccc(C(=O)Nc4cccc(S(=O)(=O)CCOS(=O)(=O)[O-])c4)cc3)c(O)c12.[Na+].[Na+].[Na+].[Na+]. The van der Waals surface area contributed by atoms with Crippen molar-refractivity contribution in [3.63, 3.8) is 0 Å². The number of fused-ring (bicyclic) bond motifs is 1. The summed E-state index contributed by atoms with van der Waals surface area (Å²) in [6.45, 7) is -1.89. The van der Waals surface area contributed by atoms with Crippen LogP contribution in [0.3, 0.4) is 0 Å². The van der Waals surface area contributed by atoms with E-state index in [9.17, 15) is 70.9 Å². The first kappa shape index (κ1) is 65.4. The number of carbonyl (C=O) groups excluding carboxylic acids is 1. The number of rotatable bonds is 20. The van der Waals surface area contributed by atoms with Gasteiger partial charge in [0.15, 0.2) is 25.4 Å². The summed E-state index contributed by atoms with van der Waals surface area (Å²) in [7, 11) is -24.0. The summed E-state index contributed by atoms with van der Waals surface area (Å²) < 4.78 is 163. The first-order valence-corrected chi connectivity index (χ1v) is 25.2. The van der Waals surface area contributed by atoms with E-state index in [4.69, 9.17) is 5.73 Å². The van der Waals surface area contributed by atoms with Crippen LogP contribution >= 0.6 is 12.0 Å². The molecule has 0 aromatic heterocycles. The Morgan fingerprint density at radius 2 is 1.17 bits per heavy atom. The fourth-order valence-electron chi connectivity index (χ4n) is 5.33. The van der Waals surface area contributed by atoms with E-state index in [2.05, 4.69) is 43.5 Å². The minimum atomic E-state index is -5.40. The summed E-state index contributed by atoms with van der Waals surface area (Å²) >= 11 is 0.182. The minimum absolute atomic E-state index is 0. The van der Waals surface area contributed by atoms with E-state index in [1.165, 1.54) is 42.5 Å².